The fourth-order valence-corrected chi connectivity index (χ4v) is 1.48. The van der Waals surface area contributed by atoms with Crippen molar-refractivity contribution >= 4 is 23.4 Å². The molecule has 0 aliphatic carbocycles. The first-order valence-electron chi connectivity index (χ1n) is 5.35. The van der Waals surface area contributed by atoms with Crippen molar-refractivity contribution in [3.63, 3.8) is 0 Å². The SMILES string of the molecule is CC(C)(C)OC(=O)Nc1cc(Cl)cc(C(F)(F)F)c1. The summed E-state index contributed by atoms with van der Waals surface area (Å²) in [5.41, 5.74) is -1.75. The number of halogens is 4. The maximum absolute atomic E-state index is 12.6. The molecular formula is C12H13ClF3NO2. The van der Waals surface area contributed by atoms with Crippen LogP contribution in [0.3, 0.4) is 0 Å². The van der Waals surface area contributed by atoms with Gasteiger partial charge in [0.25, 0.3) is 0 Å². The molecule has 0 fully saturated rings. The van der Waals surface area contributed by atoms with E-state index in [4.69, 9.17) is 16.3 Å². The Bertz CT molecular complexity index is 481. The molecule has 7 heteroatoms. The number of carbonyl (C=O) groups excluding carboxylic acids is 1. The highest BCUT2D eigenvalue weighted by Crippen LogP contribution is 2.33. The molecule has 3 nitrogen and oxygen atoms in total. The Morgan fingerprint density at radius 3 is 2.26 bits per heavy atom. The van der Waals surface area contributed by atoms with Crippen LogP contribution < -0.4 is 5.32 Å². The maximum Gasteiger partial charge on any atom is 0.416 e. The Kier molecular flexibility index (Phi) is 4.35. The molecule has 0 unspecified atom stereocenters. The van der Waals surface area contributed by atoms with E-state index in [0.29, 0.717) is 0 Å². The molecule has 0 aliphatic heterocycles. The molecule has 0 aliphatic rings. The second-order valence-electron chi connectivity index (χ2n) is 4.85. The number of hydrogen-bond donors (Lipinski definition) is 1. The molecule has 0 heterocycles. The molecule has 1 N–H and O–H groups in total. The van der Waals surface area contributed by atoms with Gasteiger partial charge in [-0.25, -0.2) is 4.79 Å². The molecule has 1 aromatic carbocycles. The van der Waals surface area contributed by atoms with Gasteiger partial charge >= 0.3 is 12.3 Å². The lowest BCUT2D eigenvalue weighted by atomic mass is 10.2. The predicted octanol–water partition coefficient (Wildman–Crippen LogP) is 4.71. The second kappa shape index (κ2) is 5.28. The number of carbonyl (C=O) groups is 1. The summed E-state index contributed by atoms with van der Waals surface area (Å²) in [4.78, 5) is 11.4. The number of anilines is 1. The first-order valence-corrected chi connectivity index (χ1v) is 5.73. The highest BCUT2D eigenvalue weighted by Gasteiger charge is 2.31. The third-order valence-corrected chi connectivity index (χ3v) is 2.09. The largest absolute Gasteiger partial charge is 0.444 e. The molecule has 0 spiro atoms. The van der Waals surface area contributed by atoms with E-state index in [-0.39, 0.29) is 10.7 Å². The van der Waals surface area contributed by atoms with Crippen LogP contribution in [0.15, 0.2) is 18.2 Å². The van der Waals surface area contributed by atoms with Crippen LogP contribution in [0, 0.1) is 0 Å². The summed E-state index contributed by atoms with van der Waals surface area (Å²) >= 11 is 5.58. The Labute approximate surface area is 113 Å². The van der Waals surface area contributed by atoms with Gasteiger partial charge in [-0.05, 0) is 39.0 Å². The predicted molar refractivity (Wildman–Crippen MR) is 66.3 cm³/mol. The number of hydrogen-bond acceptors (Lipinski definition) is 2. The van der Waals surface area contributed by atoms with Gasteiger partial charge in [-0.1, -0.05) is 11.6 Å². The lowest BCUT2D eigenvalue weighted by Gasteiger charge is -2.20. The Morgan fingerprint density at radius 1 is 1.21 bits per heavy atom. The van der Waals surface area contributed by atoms with Gasteiger partial charge in [-0.3, -0.25) is 5.32 Å². The zero-order valence-corrected chi connectivity index (χ0v) is 11.3. The minimum atomic E-state index is -4.53. The lowest BCUT2D eigenvalue weighted by Crippen LogP contribution is -2.27. The molecule has 0 saturated heterocycles. The maximum atomic E-state index is 12.6. The minimum Gasteiger partial charge on any atom is -0.444 e. The van der Waals surface area contributed by atoms with Crippen LogP contribution in [0.4, 0.5) is 23.7 Å². The lowest BCUT2D eigenvalue weighted by molar-refractivity contribution is -0.137. The summed E-state index contributed by atoms with van der Waals surface area (Å²) in [7, 11) is 0. The average molecular weight is 296 g/mol. The van der Waals surface area contributed by atoms with Gasteiger partial charge in [-0.15, -0.1) is 0 Å². The van der Waals surface area contributed by atoms with Gasteiger partial charge in [0.15, 0.2) is 0 Å². The van der Waals surface area contributed by atoms with Crippen LogP contribution in [0.25, 0.3) is 0 Å². The number of ether oxygens (including phenoxy) is 1. The third kappa shape index (κ3) is 5.38. The van der Waals surface area contributed by atoms with Crippen molar-refractivity contribution in [2.24, 2.45) is 0 Å². The minimum absolute atomic E-state index is 0.0749. The van der Waals surface area contributed by atoms with Crippen LogP contribution in [0.2, 0.25) is 5.02 Å². The highest BCUT2D eigenvalue weighted by molar-refractivity contribution is 6.31. The van der Waals surface area contributed by atoms with Crippen molar-refractivity contribution in [1.29, 1.82) is 0 Å². The molecule has 106 valence electrons. The number of alkyl halides is 3. The number of nitrogens with one attached hydrogen (secondary N) is 1. The van der Waals surface area contributed by atoms with E-state index >= 15 is 0 Å². The monoisotopic (exact) mass is 295 g/mol. The van der Waals surface area contributed by atoms with Gasteiger partial charge in [0.1, 0.15) is 5.60 Å². The van der Waals surface area contributed by atoms with E-state index in [1.54, 1.807) is 20.8 Å². The fraction of sp³-hybridized carbons (Fsp3) is 0.417. The van der Waals surface area contributed by atoms with Crippen molar-refractivity contribution in [1.82, 2.24) is 0 Å². The molecule has 19 heavy (non-hydrogen) atoms. The molecule has 0 bridgehead atoms. The fourth-order valence-electron chi connectivity index (χ4n) is 1.25. The van der Waals surface area contributed by atoms with Crippen molar-refractivity contribution in [3.8, 4) is 0 Å². The van der Waals surface area contributed by atoms with E-state index in [0.717, 1.165) is 12.1 Å². The first-order chi connectivity index (χ1) is 8.47. The summed E-state index contributed by atoms with van der Waals surface area (Å²) < 4.78 is 42.6. The van der Waals surface area contributed by atoms with E-state index in [1.165, 1.54) is 6.07 Å². The Morgan fingerprint density at radius 2 is 1.79 bits per heavy atom. The van der Waals surface area contributed by atoms with E-state index in [1.807, 2.05) is 0 Å². The third-order valence-electron chi connectivity index (χ3n) is 1.87. The number of amides is 1. The van der Waals surface area contributed by atoms with Gasteiger partial charge in [-0.2, -0.15) is 13.2 Å². The van der Waals surface area contributed by atoms with Crippen LogP contribution >= 0.6 is 11.6 Å². The van der Waals surface area contributed by atoms with Crippen LogP contribution in [-0.4, -0.2) is 11.7 Å². The summed E-state index contributed by atoms with van der Waals surface area (Å²) in [6, 6.07) is 2.78. The van der Waals surface area contributed by atoms with Gasteiger partial charge < -0.3 is 4.74 Å². The summed E-state index contributed by atoms with van der Waals surface area (Å²) in [5, 5.41) is 2.08. The van der Waals surface area contributed by atoms with E-state index < -0.39 is 23.4 Å². The van der Waals surface area contributed by atoms with Crippen molar-refractivity contribution in [3.05, 3.63) is 28.8 Å². The Balaban J connectivity index is 2.91. The quantitative estimate of drug-likeness (QED) is 0.815. The first kappa shape index (κ1) is 15.6. The normalized spacial score (nSPS) is 12.2. The topological polar surface area (TPSA) is 38.3 Å². The highest BCUT2D eigenvalue weighted by atomic mass is 35.5. The molecule has 0 saturated carbocycles. The summed E-state index contributed by atoms with van der Waals surface area (Å²) in [5.74, 6) is 0. The standard InChI is InChI=1S/C12H13ClF3NO2/c1-11(2,3)19-10(18)17-9-5-7(12(14,15)16)4-8(13)6-9/h4-6H,1-3H3,(H,17,18). The van der Waals surface area contributed by atoms with Gasteiger partial charge in [0, 0.05) is 10.7 Å². The van der Waals surface area contributed by atoms with Gasteiger partial charge in [0.05, 0.1) is 5.56 Å². The molecule has 0 aromatic heterocycles. The number of benzene rings is 1. The summed E-state index contributed by atoms with van der Waals surface area (Å²) in [6.45, 7) is 4.93. The van der Waals surface area contributed by atoms with Gasteiger partial charge in [0.2, 0.25) is 0 Å². The summed E-state index contributed by atoms with van der Waals surface area (Å²) in [6.07, 6.45) is -5.38. The molecule has 1 rings (SSSR count). The molecule has 1 amide bonds. The Hall–Kier alpha value is -1.43. The van der Waals surface area contributed by atoms with Crippen LogP contribution in [-0.2, 0) is 10.9 Å². The van der Waals surface area contributed by atoms with Crippen LogP contribution in [0.5, 0.6) is 0 Å². The van der Waals surface area contributed by atoms with Crippen molar-refractivity contribution < 1.29 is 22.7 Å². The molecule has 0 atom stereocenters. The van der Waals surface area contributed by atoms with Crippen molar-refractivity contribution in [2.45, 2.75) is 32.5 Å². The molecular weight excluding hydrogens is 283 g/mol. The van der Waals surface area contributed by atoms with E-state index in [9.17, 15) is 18.0 Å². The molecule has 0 radical (unpaired) electrons. The van der Waals surface area contributed by atoms with Crippen LogP contribution in [0.1, 0.15) is 26.3 Å². The smallest absolute Gasteiger partial charge is 0.416 e. The zero-order chi connectivity index (χ0) is 14.8. The van der Waals surface area contributed by atoms with E-state index in [2.05, 4.69) is 5.32 Å². The number of rotatable bonds is 1. The second-order valence-corrected chi connectivity index (χ2v) is 5.29. The molecule has 1 aromatic rings. The zero-order valence-electron chi connectivity index (χ0n) is 10.6. The van der Waals surface area contributed by atoms with Crippen molar-refractivity contribution in [2.75, 3.05) is 5.32 Å². The average Bonchev–Trinajstić information content (AvgIpc) is 2.11.